The Kier molecular flexibility index (Phi) is 6.25. The number of esters is 1. The Balaban J connectivity index is 2.66. The van der Waals surface area contributed by atoms with Crippen LogP contribution >= 0.6 is 0 Å². The number of nitrogens with one attached hydrogen (secondary N) is 1. The van der Waals surface area contributed by atoms with Crippen molar-refractivity contribution in [3.05, 3.63) is 35.6 Å². The highest BCUT2D eigenvalue weighted by Crippen LogP contribution is 2.14. The van der Waals surface area contributed by atoms with E-state index >= 15 is 0 Å². The first-order chi connectivity index (χ1) is 9.76. The van der Waals surface area contributed by atoms with E-state index < -0.39 is 22.2 Å². The number of halogens is 1. The summed E-state index contributed by atoms with van der Waals surface area (Å²) in [6.45, 7) is 1.66. The van der Waals surface area contributed by atoms with E-state index in [4.69, 9.17) is 0 Å². The van der Waals surface area contributed by atoms with E-state index in [-0.39, 0.29) is 18.8 Å². The van der Waals surface area contributed by atoms with Gasteiger partial charge in [-0.15, -0.1) is 0 Å². The number of benzene rings is 1. The van der Waals surface area contributed by atoms with Crippen LogP contribution in [0.4, 0.5) is 4.39 Å². The number of nitrogens with zero attached hydrogens (tertiary/aromatic N) is 1. The largest absolute Gasteiger partial charge is 0.469 e. The fourth-order valence-electron chi connectivity index (χ4n) is 1.60. The summed E-state index contributed by atoms with van der Waals surface area (Å²) in [6, 6.07) is 5.03. The molecule has 6 nitrogen and oxygen atoms in total. The van der Waals surface area contributed by atoms with Crippen LogP contribution in [0.5, 0.6) is 0 Å². The van der Waals surface area contributed by atoms with Crippen LogP contribution in [-0.4, -0.2) is 39.4 Å². The number of methoxy groups -OCH3 is 1. The van der Waals surface area contributed by atoms with E-state index in [0.29, 0.717) is 5.56 Å². The molecule has 1 rings (SSSR count). The Bertz CT molecular complexity index is 574. The van der Waals surface area contributed by atoms with E-state index in [9.17, 15) is 17.6 Å². The first-order valence-electron chi connectivity index (χ1n) is 6.32. The Morgan fingerprint density at radius 3 is 2.48 bits per heavy atom. The van der Waals surface area contributed by atoms with Crippen LogP contribution in [0.2, 0.25) is 0 Å². The molecule has 0 aliphatic carbocycles. The fraction of sp³-hybridized carbons (Fsp3) is 0.462. The number of hydrogen-bond acceptors (Lipinski definition) is 4. The fourth-order valence-corrected chi connectivity index (χ4v) is 2.70. The van der Waals surface area contributed by atoms with Gasteiger partial charge in [-0.1, -0.05) is 12.1 Å². The molecule has 0 amide bonds. The molecular weight excluding hydrogens is 299 g/mol. The third-order valence-corrected chi connectivity index (χ3v) is 4.62. The SMILES string of the molecule is COC(=O)CCN(C)S(=O)(=O)N[C@@H](C)c1ccc(F)cc1. The van der Waals surface area contributed by atoms with Crippen molar-refractivity contribution < 1.29 is 22.3 Å². The molecule has 118 valence electrons. The van der Waals surface area contributed by atoms with E-state index in [2.05, 4.69) is 9.46 Å². The van der Waals surface area contributed by atoms with Crippen molar-refractivity contribution in [2.24, 2.45) is 0 Å². The van der Waals surface area contributed by atoms with Crippen LogP contribution in [0, 0.1) is 5.82 Å². The molecular formula is C13H19FN2O4S. The lowest BCUT2D eigenvalue weighted by Gasteiger charge is -2.21. The van der Waals surface area contributed by atoms with Gasteiger partial charge in [-0.3, -0.25) is 4.79 Å². The van der Waals surface area contributed by atoms with E-state index in [1.165, 1.54) is 38.4 Å². The molecule has 0 aromatic heterocycles. The predicted octanol–water partition coefficient (Wildman–Crippen LogP) is 1.22. The van der Waals surface area contributed by atoms with Gasteiger partial charge < -0.3 is 4.74 Å². The normalized spacial score (nSPS) is 13.2. The summed E-state index contributed by atoms with van der Waals surface area (Å²) in [5, 5.41) is 0. The summed E-state index contributed by atoms with van der Waals surface area (Å²) in [7, 11) is -1.13. The second kappa shape index (κ2) is 7.48. The average Bonchev–Trinajstić information content (AvgIpc) is 2.44. The smallest absolute Gasteiger partial charge is 0.306 e. The molecule has 0 spiro atoms. The van der Waals surface area contributed by atoms with Gasteiger partial charge in [0, 0.05) is 19.6 Å². The lowest BCUT2D eigenvalue weighted by molar-refractivity contribution is -0.140. The highest BCUT2D eigenvalue weighted by atomic mass is 32.2. The Hall–Kier alpha value is -1.51. The van der Waals surface area contributed by atoms with Gasteiger partial charge in [-0.25, -0.2) is 4.39 Å². The van der Waals surface area contributed by atoms with Crippen LogP contribution in [0.15, 0.2) is 24.3 Å². The van der Waals surface area contributed by atoms with Gasteiger partial charge in [0.1, 0.15) is 5.82 Å². The van der Waals surface area contributed by atoms with Gasteiger partial charge in [0.2, 0.25) is 0 Å². The molecule has 1 aromatic rings. The van der Waals surface area contributed by atoms with Gasteiger partial charge in [0.25, 0.3) is 10.2 Å². The van der Waals surface area contributed by atoms with E-state index in [0.717, 1.165) is 4.31 Å². The molecule has 1 N–H and O–H groups in total. The number of hydrogen-bond donors (Lipinski definition) is 1. The van der Waals surface area contributed by atoms with Crippen molar-refractivity contribution in [3.63, 3.8) is 0 Å². The molecule has 0 bridgehead atoms. The maximum Gasteiger partial charge on any atom is 0.306 e. The number of carbonyl (C=O) groups excluding carboxylic acids is 1. The van der Waals surface area contributed by atoms with Gasteiger partial charge in [0.15, 0.2) is 0 Å². The minimum Gasteiger partial charge on any atom is -0.469 e. The van der Waals surface area contributed by atoms with Gasteiger partial charge in [-0.05, 0) is 24.6 Å². The first kappa shape index (κ1) is 17.5. The van der Waals surface area contributed by atoms with Crippen molar-refractivity contribution in [1.29, 1.82) is 0 Å². The van der Waals surface area contributed by atoms with Crippen molar-refractivity contribution in [2.45, 2.75) is 19.4 Å². The Morgan fingerprint density at radius 1 is 1.38 bits per heavy atom. The predicted molar refractivity (Wildman–Crippen MR) is 76.1 cm³/mol. The van der Waals surface area contributed by atoms with Crippen molar-refractivity contribution >= 4 is 16.2 Å². The molecule has 21 heavy (non-hydrogen) atoms. The van der Waals surface area contributed by atoms with Crippen molar-refractivity contribution in [2.75, 3.05) is 20.7 Å². The number of rotatable bonds is 7. The number of carbonyl (C=O) groups is 1. The highest BCUT2D eigenvalue weighted by Gasteiger charge is 2.21. The van der Waals surface area contributed by atoms with Gasteiger partial charge >= 0.3 is 5.97 Å². The summed E-state index contributed by atoms with van der Waals surface area (Å²) in [5.74, 6) is -0.868. The molecule has 0 fully saturated rings. The second-order valence-corrected chi connectivity index (χ2v) is 6.35. The van der Waals surface area contributed by atoms with Crippen molar-refractivity contribution in [1.82, 2.24) is 9.03 Å². The topological polar surface area (TPSA) is 75.7 Å². The second-order valence-electron chi connectivity index (χ2n) is 4.54. The standard InChI is InChI=1S/C13H19FN2O4S/c1-10(11-4-6-12(14)7-5-11)15-21(18,19)16(2)9-8-13(17)20-3/h4-7,10,15H,8-9H2,1-3H3/t10-/m0/s1. The summed E-state index contributed by atoms with van der Waals surface area (Å²) in [4.78, 5) is 11.0. The molecule has 0 aliphatic rings. The van der Waals surface area contributed by atoms with Gasteiger partial charge in [-0.2, -0.15) is 17.4 Å². The molecule has 0 unspecified atom stereocenters. The quantitative estimate of drug-likeness (QED) is 0.767. The lowest BCUT2D eigenvalue weighted by atomic mass is 10.1. The monoisotopic (exact) mass is 318 g/mol. The molecule has 1 atom stereocenters. The van der Waals surface area contributed by atoms with Crippen molar-refractivity contribution in [3.8, 4) is 0 Å². The molecule has 0 radical (unpaired) electrons. The minimum atomic E-state index is -3.74. The molecule has 0 aliphatic heterocycles. The van der Waals surface area contributed by atoms with Crippen LogP contribution < -0.4 is 4.72 Å². The van der Waals surface area contributed by atoms with Crippen LogP contribution in [-0.2, 0) is 19.7 Å². The molecule has 1 aromatic carbocycles. The maximum atomic E-state index is 12.8. The third kappa shape index (κ3) is 5.41. The molecule has 0 saturated carbocycles. The zero-order chi connectivity index (χ0) is 16.0. The number of ether oxygens (including phenoxy) is 1. The Morgan fingerprint density at radius 2 is 1.95 bits per heavy atom. The zero-order valence-corrected chi connectivity index (χ0v) is 13.0. The zero-order valence-electron chi connectivity index (χ0n) is 12.2. The summed E-state index contributed by atoms with van der Waals surface area (Å²) in [5.41, 5.74) is 0.640. The average molecular weight is 318 g/mol. The summed E-state index contributed by atoms with van der Waals surface area (Å²) in [6.07, 6.45) is -0.0289. The lowest BCUT2D eigenvalue weighted by Crippen LogP contribution is -2.40. The third-order valence-electron chi connectivity index (χ3n) is 2.96. The van der Waals surface area contributed by atoms with Crippen LogP contribution in [0.3, 0.4) is 0 Å². The summed E-state index contributed by atoms with van der Waals surface area (Å²) >= 11 is 0. The Labute approximate surface area is 124 Å². The van der Waals surface area contributed by atoms with E-state index in [1.807, 2.05) is 0 Å². The molecule has 0 saturated heterocycles. The molecule has 8 heteroatoms. The highest BCUT2D eigenvalue weighted by molar-refractivity contribution is 7.87. The van der Waals surface area contributed by atoms with Crippen LogP contribution in [0.1, 0.15) is 24.9 Å². The van der Waals surface area contributed by atoms with Crippen LogP contribution in [0.25, 0.3) is 0 Å². The molecule has 0 heterocycles. The van der Waals surface area contributed by atoms with Gasteiger partial charge in [0.05, 0.1) is 13.5 Å². The first-order valence-corrected chi connectivity index (χ1v) is 7.76. The maximum absolute atomic E-state index is 12.8. The minimum absolute atomic E-state index is 0.0120. The van der Waals surface area contributed by atoms with E-state index in [1.54, 1.807) is 6.92 Å². The summed E-state index contributed by atoms with van der Waals surface area (Å²) < 4.78 is 44.9.